The second-order valence-electron chi connectivity index (χ2n) is 4.39. The molecule has 0 bridgehead atoms. The van der Waals surface area contributed by atoms with Crippen LogP contribution in [0.2, 0.25) is 5.28 Å². The maximum Gasteiger partial charge on any atom is 0.524 e. The van der Waals surface area contributed by atoms with Crippen molar-refractivity contribution >= 4 is 14.6 Å². The van der Waals surface area contributed by atoms with Gasteiger partial charge in [-0.1, -0.05) is 24.5 Å². The summed E-state index contributed by atoms with van der Waals surface area (Å²) in [6.45, 7) is 0. The van der Waals surface area contributed by atoms with Crippen molar-refractivity contribution in [3.8, 4) is 0 Å². The van der Waals surface area contributed by atoms with Crippen LogP contribution in [0.5, 0.6) is 0 Å². The minimum Gasteiger partial charge on any atom is -0.417 e. The molecule has 1 fully saturated rings. The van der Waals surface area contributed by atoms with Crippen molar-refractivity contribution in [1.29, 1.82) is 0 Å². The van der Waals surface area contributed by atoms with Gasteiger partial charge in [-0.05, 0) is 4.78 Å². The van der Waals surface area contributed by atoms with Gasteiger partial charge in [-0.15, -0.1) is 0 Å². The quantitative estimate of drug-likeness (QED) is 0.314. The standard InChI is InChI=1S/C11H9F5.Al.FH/c1-2-3-4-5-6-7(12)9(14)11(16)10(15)8(6)13;;/h5H,1-4H2;;1H/q;+1;/p-1. The minimum atomic E-state index is -2.98. The fourth-order valence-electron chi connectivity index (χ4n) is 2.36. The Morgan fingerprint density at radius 3 is 1.78 bits per heavy atom. The van der Waals surface area contributed by atoms with Gasteiger partial charge in [0.1, 0.15) is 0 Å². The third-order valence-corrected chi connectivity index (χ3v) is 5.80. The lowest BCUT2D eigenvalue weighted by Gasteiger charge is -2.23. The molecule has 0 amide bonds. The van der Waals surface area contributed by atoms with Crippen molar-refractivity contribution in [3.05, 3.63) is 34.6 Å². The molecule has 0 aromatic heterocycles. The van der Waals surface area contributed by atoms with E-state index >= 15 is 0 Å². The van der Waals surface area contributed by atoms with Crippen molar-refractivity contribution in [1.82, 2.24) is 0 Å². The van der Waals surface area contributed by atoms with E-state index < -0.39 is 54.0 Å². The van der Waals surface area contributed by atoms with Crippen LogP contribution >= 0.6 is 0 Å². The summed E-state index contributed by atoms with van der Waals surface area (Å²) in [6.07, 6.45) is 1.29. The zero-order chi connectivity index (χ0) is 13.4. The Morgan fingerprint density at radius 1 is 0.778 bits per heavy atom. The second kappa shape index (κ2) is 5.14. The van der Waals surface area contributed by atoms with E-state index in [9.17, 15) is 25.5 Å². The molecule has 1 aliphatic rings. The second-order valence-corrected chi connectivity index (χ2v) is 6.80. The van der Waals surface area contributed by atoms with Crippen LogP contribution in [0.1, 0.15) is 29.6 Å². The van der Waals surface area contributed by atoms with E-state index in [1.165, 1.54) is 0 Å². The summed E-state index contributed by atoms with van der Waals surface area (Å²) in [6, 6.07) is 0. The first-order chi connectivity index (χ1) is 8.45. The molecular formula is C11H9AlF6. The van der Waals surface area contributed by atoms with Gasteiger partial charge in [-0.25, -0.2) is 22.0 Å². The van der Waals surface area contributed by atoms with Gasteiger partial charge in [0.2, 0.25) is 5.82 Å². The van der Waals surface area contributed by atoms with Crippen molar-refractivity contribution < 1.29 is 25.5 Å². The molecule has 1 aliphatic heterocycles. The van der Waals surface area contributed by atoms with Crippen LogP contribution in [0.15, 0.2) is 0 Å². The maximum atomic E-state index is 13.7. The van der Waals surface area contributed by atoms with Gasteiger partial charge < -0.3 is 3.52 Å². The van der Waals surface area contributed by atoms with Crippen LogP contribution in [-0.4, -0.2) is 14.6 Å². The average Bonchev–Trinajstić information content (AvgIpc) is 2.36. The molecule has 0 saturated carbocycles. The highest BCUT2D eigenvalue weighted by Crippen LogP contribution is 2.37. The Labute approximate surface area is 104 Å². The van der Waals surface area contributed by atoms with Gasteiger partial charge in [0.25, 0.3) is 0 Å². The predicted molar refractivity (Wildman–Crippen MR) is 54.5 cm³/mol. The first-order valence-electron chi connectivity index (χ1n) is 5.60. The molecule has 0 nitrogen and oxygen atoms in total. The molecule has 0 spiro atoms. The zero-order valence-electron chi connectivity index (χ0n) is 9.25. The topological polar surface area (TPSA) is 0 Å². The SMILES string of the molecule is Fc1c(F)c(F)c([CH]2CCC[CH2][Al]2[F])c(F)c1F. The minimum absolute atomic E-state index is 0.145. The van der Waals surface area contributed by atoms with Crippen molar-refractivity contribution in [3.63, 3.8) is 0 Å². The average molecular weight is 282 g/mol. The summed E-state index contributed by atoms with van der Waals surface area (Å²) in [5.74, 6) is -9.94. The Kier molecular flexibility index (Phi) is 3.93. The molecule has 1 saturated heterocycles. The summed E-state index contributed by atoms with van der Waals surface area (Å²) in [5.41, 5.74) is -0.953. The van der Waals surface area contributed by atoms with Crippen LogP contribution < -0.4 is 0 Å². The zero-order valence-corrected chi connectivity index (χ0v) is 10.4. The van der Waals surface area contributed by atoms with E-state index in [1.54, 1.807) is 0 Å². The number of hydrogen-bond acceptors (Lipinski definition) is 0. The summed E-state index contributed by atoms with van der Waals surface area (Å²) in [4.78, 5) is 0. The van der Waals surface area contributed by atoms with E-state index in [0.717, 1.165) is 0 Å². The van der Waals surface area contributed by atoms with Crippen molar-refractivity contribution in [2.75, 3.05) is 0 Å². The molecule has 0 aliphatic carbocycles. The largest absolute Gasteiger partial charge is 0.524 e. The normalized spacial score (nSPS) is 20.3. The number of hydrogen-bond donors (Lipinski definition) is 0. The molecular weight excluding hydrogens is 273 g/mol. The summed E-state index contributed by atoms with van der Waals surface area (Å²) in [7, 11) is 0. The van der Waals surface area contributed by atoms with Gasteiger partial charge in [0.15, 0.2) is 23.3 Å². The van der Waals surface area contributed by atoms with Crippen molar-refractivity contribution in [2.24, 2.45) is 0 Å². The fourth-order valence-corrected chi connectivity index (χ4v) is 4.69. The Hall–Kier alpha value is -0.668. The molecule has 0 N–H and O–H groups in total. The van der Waals surface area contributed by atoms with Crippen LogP contribution in [0.25, 0.3) is 0 Å². The monoisotopic (exact) mass is 282 g/mol. The van der Waals surface area contributed by atoms with Gasteiger partial charge in [0.05, 0.1) is 0 Å². The molecule has 0 radical (unpaired) electrons. The summed E-state index contributed by atoms with van der Waals surface area (Å²) >= 11 is -2.98. The van der Waals surface area contributed by atoms with Crippen LogP contribution in [0.3, 0.4) is 0 Å². The Balaban J connectivity index is 2.56. The summed E-state index contributed by atoms with van der Waals surface area (Å²) < 4.78 is 78.5. The smallest absolute Gasteiger partial charge is 0.417 e. The molecule has 2 rings (SSSR count). The van der Waals surface area contributed by atoms with Gasteiger partial charge in [0, 0.05) is 5.56 Å². The maximum absolute atomic E-state index is 13.7. The fraction of sp³-hybridized carbons (Fsp3) is 0.455. The molecule has 1 heterocycles. The van der Waals surface area contributed by atoms with E-state index in [4.69, 9.17) is 0 Å². The van der Waals surface area contributed by atoms with Gasteiger partial charge in [-0.3, -0.25) is 0 Å². The third-order valence-electron chi connectivity index (χ3n) is 3.30. The van der Waals surface area contributed by atoms with E-state index in [-0.39, 0.29) is 11.7 Å². The van der Waals surface area contributed by atoms with E-state index in [2.05, 4.69) is 0 Å². The van der Waals surface area contributed by atoms with Gasteiger partial charge >= 0.3 is 14.6 Å². The van der Waals surface area contributed by atoms with Crippen molar-refractivity contribution in [2.45, 2.75) is 29.3 Å². The van der Waals surface area contributed by atoms with E-state index in [1.807, 2.05) is 0 Å². The van der Waals surface area contributed by atoms with Gasteiger partial charge in [-0.2, -0.15) is 0 Å². The van der Waals surface area contributed by atoms with E-state index in [0.29, 0.717) is 12.8 Å². The highest BCUT2D eigenvalue weighted by atomic mass is 27.2. The van der Waals surface area contributed by atoms with Crippen LogP contribution in [0.4, 0.5) is 25.5 Å². The molecule has 7 heteroatoms. The number of halogens is 6. The molecule has 1 aromatic carbocycles. The number of benzene rings is 1. The molecule has 1 atom stereocenters. The lowest BCUT2D eigenvalue weighted by Crippen LogP contribution is -2.26. The lowest BCUT2D eigenvalue weighted by atomic mass is 10.0. The first kappa shape index (κ1) is 13.8. The van der Waals surface area contributed by atoms with Crippen LogP contribution in [0, 0.1) is 29.1 Å². The predicted octanol–water partition coefficient (Wildman–Crippen LogP) is 4.15. The highest BCUT2D eigenvalue weighted by molar-refractivity contribution is 6.53. The summed E-state index contributed by atoms with van der Waals surface area (Å²) in [5, 5.41) is 0.212. The Morgan fingerprint density at radius 2 is 1.28 bits per heavy atom. The molecule has 18 heavy (non-hydrogen) atoms. The lowest BCUT2D eigenvalue weighted by molar-refractivity contribution is 0.365. The highest BCUT2D eigenvalue weighted by Gasteiger charge is 2.40. The third kappa shape index (κ3) is 2.14. The Bertz CT molecular complexity index is 446. The van der Waals surface area contributed by atoms with Crippen LogP contribution in [-0.2, 0) is 0 Å². The number of rotatable bonds is 1. The molecule has 98 valence electrons. The molecule has 1 aromatic rings. The molecule has 1 unspecified atom stereocenters. The first-order valence-corrected chi connectivity index (χ1v) is 7.52.